The number of carbonyl (C=O) groups is 1. The summed E-state index contributed by atoms with van der Waals surface area (Å²) in [5.41, 5.74) is 6.23. The van der Waals surface area contributed by atoms with Gasteiger partial charge in [0.1, 0.15) is 5.69 Å². The number of nitrogens with zero attached hydrogens (tertiary/aromatic N) is 2. The zero-order valence-electron chi connectivity index (χ0n) is 9.71. The van der Waals surface area contributed by atoms with Gasteiger partial charge in [0.25, 0.3) is 0 Å². The van der Waals surface area contributed by atoms with Gasteiger partial charge in [-0.05, 0) is 6.07 Å². The molecule has 0 radical (unpaired) electrons. The number of hydrogen-bond donors (Lipinski definition) is 1. The van der Waals surface area contributed by atoms with Crippen LogP contribution in [0.1, 0.15) is 6.42 Å². The molecule has 2 heterocycles. The Kier molecular flexibility index (Phi) is 3.64. The summed E-state index contributed by atoms with van der Waals surface area (Å²) in [7, 11) is -4.62. The molecule has 0 aromatic carbocycles. The highest BCUT2D eigenvalue weighted by molar-refractivity contribution is 7.86. The Morgan fingerprint density at radius 2 is 2.26 bits per heavy atom. The first-order valence-electron chi connectivity index (χ1n) is 5.40. The van der Waals surface area contributed by atoms with Crippen LogP contribution in [0.3, 0.4) is 0 Å². The van der Waals surface area contributed by atoms with Crippen molar-refractivity contribution in [1.82, 2.24) is 4.98 Å². The van der Waals surface area contributed by atoms with E-state index in [-0.39, 0.29) is 35.4 Å². The Labute approximate surface area is 114 Å². The van der Waals surface area contributed by atoms with Crippen LogP contribution in [-0.2, 0) is 15.0 Å². The zero-order chi connectivity index (χ0) is 14.2. The van der Waals surface area contributed by atoms with Crippen molar-refractivity contribution in [2.75, 3.05) is 22.9 Å². The molecule has 0 aliphatic carbocycles. The van der Waals surface area contributed by atoms with Crippen LogP contribution in [-0.4, -0.2) is 31.6 Å². The summed E-state index contributed by atoms with van der Waals surface area (Å²) in [6.07, 6.45) is 1.33. The van der Waals surface area contributed by atoms with Gasteiger partial charge in [-0.3, -0.25) is 4.79 Å². The van der Waals surface area contributed by atoms with E-state index in [0.717, 1.165) is 0 Å². The fraction of sp³-hybridized carbons (Fsp3) is 0.400. The van der Waals surface area contributed by atoms with Crippen LogP contribution in [0.4, 0.5) is 15.3 Å². The first-order chi connectivity index (χ1) is 8.78. The summed E-state index contributed by atoms with van der Waals surface area (Å²) < 4.78 is 33.9. The summed E-state index contributed by atoms with van der Waals surface area (Å²) in [6, 6.07) is 1.48. The van der Waals surface area contributed by atoms with Gasteiger partial charge in [-0.1, -0.05) is 11.6 Å². The van der Waals surface area contributed by atoms with E-state index in [4.69, 9.17) is 17.3 Å². The minimum absolute atomic E-state index is 0.0529. The highest BCUT2D eigenvalue weighted by Crippen LogP contribution is 2.34. The average molecular weight is 308 g/mol. The lowest BCUT2D eigenvalue weighted by molar-refractivity contribution is -0.117. The summed E-state index contributed by atoms with van der Waals surface area (Å²) in [5.74, 6) is -1.65. The highest BCUT2D eigenvalue weighted by Gasteiger charge is 2.35. The summed E-state index contributed by atoms with van der Waals surface area (Å²) in [6.45, 7) is 0.0532. The van der Waals surface area contributed by atoms with Crippen molar-refractivity contribution in [2.24, 2.45) is 5.92 Å². The number of nitrogens with two attached hydrogens (primary N) is 1. The smallest absolute Gasteiger partial charge is 0.302 e. The lowest BCUT2D eigenvalue weighted by atomic mass is 10.1. The molecule has 6 nitrogen and oxygen atoms in total. The van der Waals surface area contributed by atoms with Gasteiger partial charge >= 0.3 is 10.2 Å². The van der Waals surface area contributed by atoms with E-state index in [9.17, 15) is 17.1 Å². The molecule has 1 aromatic rings. The molecule has 1 atom stereocenters. The van der Waals surface area contributed by atoms with E-state index < -0.39 is 21.9 Å². The van der Waals surface area contributed by atoms with E-state index in [1.165, 1.54) is 17.2 Å². The van der Waals surface area contributed by atoms with Crippen LogP contribution in [0.15, 0.2) is 12.3 Å². The van der Waals surface area contributed by atoms with Gasteiger partial charge in [0.05, 0.1) is 11.4 Å². The van der Waals surface area contributed by atoms with Crippen LogP contribution in [0.2, 0.25) is 5.15 Å². The summed E-state index contributed by atoms with van der Waals surface area (Å²) >= 11 is 5.88. The van der Waals surface area contributed by atoms with Gasteiger partial charge in [-0.25, -0.2) is 4.98 Å². The van der Waals surface area contributed by atoms with Crippen molar-refractivity contribution in [3.63, 3.8) is 0 Å². The minimum Gasteiger partial charge on any atom is -0.397 e. The normalized spacial score (nSPS) is 20.0. The third-order valence-electron chi connectivity index (χ3n) is 2.82. The molecule has 1 aromatic heterocycles. The van der Waals surface area contributed by atoms with Gasteiger partial charge < -0.3 is 10.6 Å². The first kappa shape index (κ1) is 14.0. The second kappa shape index (κ2) is 4.93. The maximum Gasteiger partial charge on any atom is 0.302 e. The maximum absolute atomic E-state index is 12.6. The predicted octanol–water partition coefficient (Wildman–Crippen LogP) is 0.969. The molecule has 1 aliphatic rings. The first-order valence-corrected chi connectivity index (χ1v) is 7.33. The van der Waals surface area contributed by atoms with E-state index in [1.54, 1.807) is 0 Å². The maximum atomic E-state index is 12.6. The number of nitrogen functional groups attached to an aromatic ring is 1. The van der Waals surface area contributed by atoms with Crippen molar-refractivity contribution in [2.45, 2.75) is 6.42 Å². The Morgan fingerprint density at radius 3 is 2.84 bits per heavy atom. The van der Waals surface area contributed by atoms with Crippen molar-refractivity contribution in [1.29, 1.82) is 0 Å². The number of aromatic nitrogens is 1. The molecule has 9 heteroatoms. The van der Waals surface area contributed by atoms with Crippen LogP contribution in [0.5, 0.6) is 0 Å². The van der Waals surface area contributed by atoms with Crippen LogP contribution in [0.25, 0.3) is 0 Å². The van der Waals surface area contributed by atoms with Gasteiger partial charge in [-0.2, -0.15) is 8.42 Å². The molecule has 0 spiro atoms. The quantitative estimate of drug-likeness (QED) is 0.663. The van der Waals surface area contributed by atoms with Crippen LogP contribution >= 0.6 is 11.6 Å². The third kappa shape index (κ3) is 3.13. The molecule has 0 bridgehead atoms. The molecular weight excluding hydrogens is 297 g/mol. The van der Waals surface area contributed by atoms with Gasteiger partial charge in [0, 0.05) is 25.1 Å². The number of halogens is 2. The number of carbonyl (C=O) groups excluding carboxylic acids is 1. The number of hydrogen-bond acceptors (Lipinski definition) is 5. The zero-order valence-corrected chi connectivity index (χ0v) is 11.3. The van der Waals surface area contributed by atoms with Gasteiger partial charge in [0.15, 0.2) is 5.15 Å². The third-order valence-corrected chi connectivity index (χ3v) is 3.97. The molecular formula is C10H11ClFN3O3S. The van der Waals surface area contributed by atoms with Gasteiger partial charge in [0.2, 0.25) is 5.91 Å². The molecule has 1 amide bonds. The number of amides is 1. The lowest BCUT2D eigenvalue weighted by Crippen LogP contribution is -2.26. The Bertz CT molecular complexity index is 602. The summed E-state index contributed by atoms with van der Waals surface area (Å²) in [4.78, 5) is 16.9. The van der Waals surface area contributed by atoms with Crippen LogP contribution < -0.4 is 10.6 Å². The highest BCUT2D eigenvalue weighted by atomic mass is 35.5. The lowest BCUT2D eigenvalue weighted by Gasteiger charge is -2.19. The number of rotatable bonds is 3. The number of pyridine rings is 1. The van der Waals surface area contributed by atoms with E-state index in [1.807, 2.05) is 0 Å². The molecule has 1 aliphatic heterocycles. The van der Waals surface area contributed by atoms with Crippen LogP contribution in [0, 0.1) is 5.92 Å². The Balaban J connectivity index is 2.26. The molecule has 1 fully saturated rings. The monoisotopic (exact) mass is 307 g/mol. The summed E-state index contributed by atoms with van der Waals surface area (Å²) in [5, 5.41) is 0.0529. The molecule has 2 rings (SSSR count). The Hall–Kier alpha value is -1.41. The average Bonchev–Trinajstić information content (AvgIpc) is 2.56. The topological polar surface area (TPSA) is 93.4 Å². The fourth-order valence-electron chi connectivity index (χ4n) is 2.10. The molecule has 1 unspecified atom stereocenters. The van der Waals surface area contributed by atoms with Gasteiger partial charge in [-0.15, -0.1) is 3.89 Å². The van der Waals surface area contributed by atoms with E-state index in [0.29, 0.717) is 0 Å². The Morgan fingerprint density at radius 1 is 1.58 bits per heavy atom. The van der Waals surface area contributed by atoms with Crippen molar-refractivity contribution < 1.29 is 17.1 Å². The largest absolute Gasteiger partial charge is 0.397 e. The fourth-order valence-corrected chi connectivity index (χ4v) is 3.15. The second-order valence-corrected chi connectivity index (χ2v) is 6.09. The molecule has 0 saturated carbocycles. The SMILES string of the molecule is Nc1ccnc(Cl)c1N1CC(CS(=O)(=O)F)CC1=O. The second-order valence-electron chi connectivity index (χ2n) is 4.32. The molecule has 2 N–H and O–H groups in total. The molecule has 104 valence electrons. The van der Waals surface area contributed by atoms with E-state index >= 15 is 0 Å². The minimum atomic E-state index is -4.62. The standard InChI is InChI=1S/C10H11ClFN3O3S/c11-10-9(7(13)1-2-14-10)15-4-6(3-8(15)16)5-19(12,17)18/h1-2,6H,3-5H2,(H2,13,14). The molecule has 1 saturated heterocycles. The predicted molar refractivity (Wildman–Crippen MR) is 69.0 cm³/mol. The van der Waals surface area contributed by atoms with Crippen molar-refractivity contribution in [3.8, 4) is 0 Å². The van der Waals surface area contributed by atoms with Crippen molar-refractivity contribution in [3.05, 3.63) is 17.4 Å². The van der Waals surface area contributed by atoms with Crippen molar-refractivity contribution >= 4 is 39.1 Å². The number of anilines is 2. The van der Waals surface area contributed by atoms with E-state index in [2.05, 4.69) is 4.98 Å². The molecule has 19 heavy (non-hydrogen) atoms.